The molecule has 10 heteroatoms. The number of nitrogens with zero attached hydrogens (tertiary/aromatic N) is 1. The summed E-state index contributed by atoms with van der Waals surface area (Å²) in [6.07, 6.45) is 5.63. The molecular formula is C29H39ClN4O5. The van der Waals surface area contributed by atoms with Gasteiger partial charge in [-0.2, -0.15) is 0 Å². The molecular weight excluding hydrogens is 520 g/mol. The Bertz CT molecular complexity index is 1250. The highest BCUT2D eigenvalue weighted by Crippen LogP contribution is 2.48. The maximum Gasteiger partial charge on any atom is 0.328 e. The van der Waals surface area contributed by atoms with Gasteiger partial charge in [0.2, 0.25) is 11.8 Å². The molecule has 3 aliphatic rings. The molecule has 2 amide bonds. The number of nitrogens with one attached hydrogen (secondary N) is 3. The van der Waals surface area contributed by atoms with Crippen LogP contribution in [-0.4, -0.2) is 64.1 Å². The van der Waals surface area contributed by atoms with E-state index in [9.17, 15) is 19.5 Å². The summed E-state index contributed by atoms with van der Waals surface area (Å²) in [6.45, 7) is 4.46. The first-order valence-corrected chi connectivity index (χ1v) is 14.3. The summed E-state index contributed by atoms with van der Waals surface area (Å²) in [4.78, 5) is 44.2. The van der Waals surface area contributed by atoms with Gasteiger partial charge in [-0.25, -0.2) is 4.79 Å². The zero-order chi connectivity index (χ0) is 27.9. The van der Waals surface area contributed by atoms with Gasteiger partial charge in [0, 0.05) is 23.4 Å². The largest absolute Gasteiger partial charge is 0.467 e. The number of aliphatic hydroxyl groups is 1. The fourth-order valence-corrected chi connectivity index (χ4v) is 7.24. The number of amides is 2. The molecule has 4 N–H and O–H groups in total. The van der Waals surface area contributed by atoms with Crippen LogP contribution in [0.25, 0.3) is 10.9 Å². The Hall–Kier alpha value is -2.62. The number of ether oxygens (including phenoxy) is 1. The number of fused-ring (bicyclic) bond motifs is 1. The van der Waals surface area contributed by atoms with E-state index in [-0.39, 0.29) is 29.2 Å². The number of esters is 1. The van der Waals surface area contributed by atoms with E-state index in [1.54, 1.807) is 6.07 Å². The number of likely N-dealkylation sites (tertiary alicyclic amines) is 1. The number of aromatic nitrogens is 1. The lowest BCUT2D eigenvalue weighted by molar-refractivity contribution is -0.147. The molecule has 1 aromatic heterocycles. The van der Waals surface area contributed by atoms with Crippen LogP contribution < -0.4 is 10.6 Å². The predicted octanol–water partition coefficient (Wildman–Crippen LogP) is 3.80. The number of methoxy groups -OCH3 is 1. The molecule has 2 aromatic rings. The normalized spacial score (nSPS) is 25.9. The average molecular weight is 559 g/mol. The highest BCUT2D eigenvalue weighted by molar-refractivity contribution is 6.35. The third-order valence-electron chi connectivity index (χ3n) is 8.89. The van der Waals surface area contributed by atoms with Crippen LogP contribution in [0.1, 0.15) is 77.1 Å². The summed E-state index contributed by atoms with van der Waals surface area (Å²) in [5.41, 5.74) is 0.873. The molecule has 9 nitrogen and oxygen atoms in total. The monoisotopic (exact) mass is 558 g/mol. The summed E-state index contributed by atoms with van der Waals surface area (Å²) in [5.74, 6) is -1.45. The van der Waals surface area contributed by atoms with Crippen molar-refractivity contribution in [2.45, 2.75) is 89.1 Å². The number of para-hydroxylation sites is 1. The van der Waals surface area contributed by atoms with Gasteiger partial charge in [-0.05, 0) is 63.5 Å². The third-order valence-corrected chi connectivity index (χ3v) is 9.21. The number of H-pyrrole nitrogens is 1. The van der Waals surface area contributed by atoms with Crippen LogP contribution in [-0.2, 0) is 19.1 Å². The van der Waals surface area contributed by atoms with E-state index in [4.69, 9.17) is 16.3 Å². The smallest absolute Gasteiger partial charge is 0.328 e. The minimum atomic E-state index is -1.05. The van der Waals surface area contributed by atoms with Crippen molar-refractivity contribution in [2.24, 2.45) is 11.3 Å². The average Bonchev–Trinajstić information content (AvgIpc) is 3.57. The van der Waals surface area contributed by atoms with E-state index in [2.05, 4.69) is 15.6 Å². The SMILES string of the molecule is COC(=O)[C@H](C[C@@H]1CC(C)(C)NC1=O)NC(=O)C1CC2(CCCCC2)CN1C(O)c1cc2cccc(Cl)c2[nH]1. The summed E-state index contributed by atoms with van der Waals surface area (Å²) in [7, 11) is 1.28. The van der Waals surface area contributed by atoms with Crippen molar-refractivity contribution in [3.8, 4) is 0 Å². The Kier molecular flexibility index (Phi) is 7.70. The molecule has 212 valence electrons. The van der Waals surface area contributed by atoms with Crippen molar-refractivity contribution in [3.05, 3.63) is 35.0 Å². The molecule has 2 unspecified atom stereocenters. The molecule has 3 heterocycles. The quantitative estimate of drug-likeness (QED) is 0.383. The van der Waals surface area contributed by atoms with E-state index in [1.807, 2.05) is 36.9 Å². The number of rotatable bonds is 7. The number of aromatic amines is 1. The second-order valence-corrected chi connectivity index (χ2v) is 12.8. The second-order valence-electron chi connectivity index (χ2n) is 12.3. The molecule has 1 saturated carbocycles. The van der Waals surface area contributed by atoms with E-state index in [0.29, 0.717) is 30.1 Å². The van der Waals surface area contributed by atoms with Gasteiger partial charge in [0.05, 0.1) is 29.4 Å². The summed E-state index contributed by atoms with van der Waals surface area (Å²) >= 11 is 6.37. The molecule has 2 saturated heterocycles. The van der Waals surface area contributed by atoms with Crippen LogP contribution in [0, 0.1) is 11.3 Å². The van der Waals surface area contributed by atoms with Crippen molar-refractivity contribution >= 4 is 40.3 Å². The number of aliphatic hydroxyl groups excluding tert-OH is 1. The Labute approximate surface area is 234 Å². The van der Waals surface area contributed by atoms with E-state index in [1.165, 1.54) is 13.5 Å². The van der Waals surface area contributed by atoms with Crippen LogP contribution in [0.2, 0.25) is 5.02 Å². The molecule has 1 aliphatic carbocycles. The predicted molar refractivity (Wildman–Crippen MR) is 148 cm³/mol. The Morgan fingerprint density at radius 2 is 1.97 bits per heavy atom. The van der Waals surface area contributed by atoms with E-state index < -0.39 is 30.2 Å². The lowest BCUT2D eigenvalue weighted by Gasteiger charge is -2.34. The van der Waals surface area contributed by atoms with Crippen molar-refractivity contribution in [2.75, 3.05) is 13.7 Å². The minimum Gasteiger partial charge on any atom is -0.467 e. The Morgan fingerprint density at radius 3 is 2.62 bits per heavy atom. The molecule has 4 atom stereocenters. The van der Waals surface area contributed by atoms with Gasteiger partial charge < -0.3 is 25.5 Å². The van der Waals surface area contributed by atoms with Crippen LogP contribution >= 0.6 is 11.6 Å². The molecule has 39 heavy (non-hydrogen) atoms. The number of halogens is 1. The topological polar surface area (TPSA) is 124 Å². The zero-order valence-corrected chi connectivity index (χ0v) is 23.6. The number of hydrogen-bond acceptors (Lipinski definition) is 6. The minimum absolute atomic E-state index is 0.0684. The van der Waals surface area contributed by atoms with Gasteiger partial charge >= 0.3 is 5.97 Å². The van der Waals surface area contributed by atoms with Crippen LogP contribution in [0.4, 0.5) is 0 Å². The van der Waals surface area contributed by atoms with Gasteiger partial charge in [0.25, 0.3) is 0 Å². The summed E-state index contributed by atoms with van der Waals surface area (Å²) in [6, 6.07) is 5.84. The fourth-order valence-electron chi connectivity index (χ4n) is 7.01. The maximum absolute atomic E-state index is 13.9. The first kappa shape index (κ1) is 27.9. The van der Waals surface area contributed by atoms with Gasteiger partial charge in [-0.1, -0.05) is 43.0 Å². The molecule has 3 fully saturated rings. The Morgan fingerprint density at radius 1 is 1.23 bits per heavy atom. The van der Waals surface area contributed by atoms with Crippen molar-refractivity contribution < 1.29 is 24.2 Å². The number of carbonyl (C=O) groups is 3. The van der Waals surface area contributed by atoms with Gasteiger partial charge in [-0.15, -0.1) is 0 Å². The number of benzene rings is 1. The highest BCUT2D eigenvalue weighted by Gasteiger charge is 2.50. The van der Waals surface area contributed by atoms with Gasteiger partial charge in [-0.3, -0.25) is 14.5 Å². The Balaban J connectivity index is 1.39. The molecule has 1 spiro atoms. The van der Waals surface area contributed by atoms with Crippen LogP contribution in [0.3, 0.4) is 0 Å². The molecule has 5 rings (SSSR count). The maximum atomic E-state index is 13.9. The zero-order valence-electron chi connectivity index (χ0n) is 22.9. The first-order valence-electron chi connectivity index (χ1n) is 13.9. The number of carbonyl (C=O) groups excluding carboxylic acids is 3. The van der Waals surface area contributed by atoms with E-state index >= 15 is 0 Å². The first-order chi connectivity index (χ1) is 18.5. The van der Waals surface area contributed by atoms with E-state index in [0.717, 1.165) is 36.6 Å². The molecule has 0 bridgehead atoms. The summed E-state index contributed by atoms with van der Waals surface area (Å²) < 4.78 is 5.01. The van der Waals surface area contributed by atoms with Crippen LogP contribution in [0.5, 0.6) is 0 Å². The number of hydrogen-bond donors (Lipinski definition) is 4. The second kappa shape index (κ2) is 10.7. The lowest BCUT2D eigenvalue weighted by Crippen LogP contribution is -2.51. The molecule has 2 aliphatic heterocycles. The summed E-state index contributed by atoms with van der Waals surface area (Å²) in [5, 5.41) is 18.9. The van der Waals surface area contributed by atoms with Gasteiger partial charge in [0.15, 0.2) is 0 Å². The molecule has 0 radical (unpaired) electrons. The standard InChI is InChI=1S/C29H39ClN4O5/c1-28(2)14-18(24(35)33-28)13-21(27(38)39-3)32-25(36)22-15-29(10-5-4-6-11-29)16-34(22)26(37)20-12-17-8-7-9-19(30)23(17)31-20/h7-9,12,18,21-22,26,31,37H,4-6,10-11,13-16H2,1-3H3,(H,32,36)(H,33,35)/t18-,21+,22?,26?/m1/s1. The van der Waals surface area contributed by atoms with Gasteiger partial charge in [0.1, 0.15) is 12.3 Å². The highest BCUT2D eigenvalue weighted by atomic mass is 35.5. The van der Waals surface area contributed by atoms with Crippen molar-refractivity contribution in [1.29, 1.82) is 0 Å². The van der Waals surface area contributed by atoms with Crippen molar-refractivity contribution in [1.82, 2.24) is 20.5 Å². The molecule has 1 aromatic carbocycles. The fraction of sp³-hybridized carbons (Fsp3) is 0.621. The lowest BCUT2D eigenvalue weighted by atomic mass is 9.72. The van der Waals surface area contributed by atoms with Crippen LogP contribution in [0.15, 0.2) is 24.3 Å². The third kappa shape index (κ3) is 5.67. The van der Waals surface area contributed by atoms with Crippen molar-refractivity contribution in [3.63, 3.8) is 0 Å².